The number of anilines is 2. The van der Waals surface area contributed by atoms with Gasteiger partial charge in [-0.1, -0.05) is 25.1 Å². The minimum atomic E-state index is 0.239. The zero-order valence-corrected chi connectivity index (χ0v) is 22.0. The number of nitrogens with one attached hydrogen (secondary N) is 2. The fourth-order valence-electron chi connectivity index (χ4n) is 4.34. The molecule has 0 saturated heterocycles. The summed E-state index contributed by atoms with van der Waals surface area (Å²) < 4.78 is 6.00. The Kier molecular flexibility index (Phi) is 7.60. The summed E-state index contributed by atoms with van der Waals surface area (Å²) in [6.45, 7) is 3.43. The minimum Gasteiger partial charge on any atom is -0.492 e. The topological polar surface area (TPSA) is 96.0 Å². The highest BCUT2D eigenvalue weighted by Gasteiger charge is 2.13. The van der Waals surface area contributed by atoms with Crippen LogP contribution >= 0.6 is 0 Å². The van der Waals surface area contributed by atoms with Crippen LogP contribution < -0.4 is 10.1 Å². The average molecular weight is 509 g/mol. The molecule has 0 spiro atoms. The molecule has 0 amide bonds. The van der Waals surface area contributed by atoms with E-state index in [1.807, 2.05) is 81.7 Å². The Hall–Kier alpha value is -4.30. The summed E-state index contributed by atoms with van der Waals surface area (Å²) >= 11 is 0. The maximum absolute atomic E-state index is 12.2. The molecule has 0 bridgehead atoms. The Bertz CT molecular complexity index is 1580. The molecule has 38 heavy (non-hydrogen) atoms. The second kappa shape index (κ2) is 11.4. The summed E-state index contributed by atoms with van der Waals surface area (Å²) in [6, 6.07) is 19.8. The number of Topliss-reactive ketones (excluding diaryl/α,β-unsaturated/α-hetero) is 1. The lowest BCUT2D eigenvalue weighted by Gasteiger charge is -2.14. The number of hydrogen-bond donors (Lipinski definition) is 2. The quantitative estimate of drug-likeness (QED) is 0.234. The van der Waals surface area contributed by atoms with Gasteiger partial charge in [0.1, 0.15) is 24.0 Å². The van der Waals surface area contributed by atoms with Crippen LogP contribution in [0.25, 0.3) is 33.2 Å². The van der Waals surface area contributed by atoms with Crippen molar-refractivity contribution in [3.63, 3.8) is 0 Å². The van der Waals surface area contributed by atoms with Crippen molar-refractivity contribution in [1.82, 2.24) is 25.1 Å². The van der Waals surface area contributed by atoms with Crippen LogP contribution in [-0.4, -0.2) is 58.1 Å². The minimum absolute atomic E-state index is 0.239. The number of H-pyrrole nitrogens is 1. The van der Waals surface area contributed by atoms with E-state index in [1.54, 1.807) is 6.20 Å². The first-order valence-electron chi connectivity index (χ1n) is 12.9. The van der Waals surface area contributed by atoms with Gasteiger partial charge >= 0.3 is 0 Å². The predicted octanol–water partition coefficient (Wildman–Crippen LogP) is 5.77. The van der Waals surface area contributed by atoms with Crippen molar-refractivity contribution in [2.24, 2.45) is 0 Å². The van der Waals surface area contributed by atoms with E-state index < -0.39 is 0 Å². The lowest BCUT2D eigenvalue weighted by atomic mass is 10.0. The molecule has 0 atom stereocenters. The number of ketones is 1. The second-order valence-electron chi connectivity index (χ2n) is 9.69. The van der Waals surface area contributed by atoms with E-state index in [0.29, 0.717) is 31.1 Å². The SMILES string of the molecule is CCCC(=O)Cc1cccc(-c2nc(Nc3ccc4[nH]ncc4c3)c3cc(OCCN(C)C)ccc3n2)c1. The lowest BCUT2D eigenvalue weighted by Crippen LogP contribution is -2.19. The third-order valence-electron chi connectivity index (χ3n) is 6.29. The fraction of sp³-hybridized carbons (Fsp3) is 0.267. The molecule has 2 N–H and O–H groups in total. The highest BCUT2D eigenvalue weighted by molar-refractivity contribution is 5.94. The van der Waals surface area contributed by atoms with Gasteiger partial charge in [0, 0.05) is 41.4 Å². The maximum Gasteiger partial charge on any atom is 0.162 e. The predicted molar refractivity (Wildman–Crippen MR) is 152 cm³/mol. The van der Waals surface area contributed by atoms with Gasteiger partial charge in [-0.2, -0.15) is 5.10 Å². The number of likely N-dealkylation sites (N-methyl/N-ethyl adjacent to an activating group) is 1. The zero-order chi connectivity index (χ0) is 26.5. The molecular weight excluding hydrogens is 476 g/mol. The molecule has 0 aliphatic carbocycles. The number of hydrogen-bond acceptors (Lipinski definition) is 7. The Morgan fingerprint density at radius 2 is 1.95 bits per heavy atom. The molecule has 0 fully saturated rings. The highest BCUT2D eigenvalue weighted by Crippen LogP contribution is 2.31. The van der Waals surface area contributed by atoms with Crippen LogP contribution in [0.3, 0.4) is 0 Å². The first-order valence-corrected chi connectivity index (χ1v) is 12.9. The molecule has 194 valence electrons. The molecule has 8 heteroatoms. The van der Waals surface area contributed by atoms with Crippen LogP contribution in [0.4, 0.5) is 11.5 Å². The van der Waals surface area contributed by atoms with Gasteiger partial charge in [0.15, 0.2) is 5.82 Å². The van der Waals surface area contributed by atoms with Crippen molar-refractivity contribution in [1.29, 1.82) is 0 Å². The van der Waals surface area contributed by atoms with Crippen LogP contribution in [0.15, 0.2) is 66.9 Å². The van der Waals surface area contributed by atoms with Crippen molar-refractivity contribution >= 4 is 39.1 Å². The van der Waals surface area contributed by atoms with Gasteiger partial charge in [-0.05, 0) is 68.5 Å². The van der Waals surface area contributed by atoms with Gasteiger partial charge < -0.3 is 15.0 Å². The molecule has 0 unspecified atom stereocenters. The third kappa shape index (κ3) is 5.98. The van der Waals surface area contributed by atoms with Crippen LogP contribution in [0, 0.1) is 0 Å². The van der Waals surface area contributed by atoms with Gasteiger partial charge in [0.2, 0.25) is 0 Å². The molecule has 8 nitrogen and oxygen atoms in total. The van der Waals surface area contributed by atoms with E-state index in [0.717, 1.165) is 57.3 Å². The van der Waals surface area contributed by atoms with E-state index in [1.165, 1.54) is 0 Å². The molecule has 0 saturated carbocycles. The molecule has 2 heterocycles. The first kappa shape index (κ1) is 25.4. The normalized spacial score (nSPS) is 11.4. The number of aromatic nitrogens is 4. The van der Waals surface area contributed by atoms with Crippen molar-refractivity contribution in [2.75, 3.05) is 32.6 Å². The van der Waals surface area contributed by atoms with E-state index in [9.17, 15) is 4.79 Å². The summed E-state index contributed by atoms with van der Waals surface area (Å²) in [5.41, 5.74) is 4.49. The molecule has 0 radical (unpaired) electrons. The van der Waals surface area contributed by atoms with Gasteiger partial charge in [0.25, 0.3) is 0 Å². The highest BCUT2D eigenvalue weighted by atomic mass is 16.5. The van der Waals surface area contributed by atoms with Gasteiger partial charge in [-0.15, -0.1) is 0 Å². The Balaban J connectivity index is 1.53. The Morgan fingerprint density at radius 1 is 1.05 bits per heavy atom. The van der Waals surface area contributed by atoms with E-state index >= 15 is 0 Å². The van der Waals surface area contributed by atoms with Gasteiger partial charge in [-0.3, -0.25) is 9.89 Å². The number of carbonyl (C=O) groups excluding carboxylic acids is 1. The second-order valence-corrected chi connectivity index (χ2v) is 9.69. The number of fused-ring (bicyclic) bond motifs is 2. The van der Waals surface area contributed by atoms with Crippen LogP contribution in [0.2, 0.25) is 0 Å². The summed E-state index contributed by atoms with van der Waals surface area (Å²) in [5, 5.41) is 12.5. The molecule has 5 aromatic rings. The lowest BCUT2D eigenvalue weighted by molar-refractivity contribution is -0.118. The number of aromatic amines is 1. The number of benzene rings is 3. The van der Waals surface area contributed by atoms with Crippen molar-refractivity contribution in [3.05, 3.63) is 72.4 Å². The van der Waals surface area contributed by atoms with Crippen LogP contribution in [-0.2, 0) is 11.2 Å². The fourth-order valence-corrected chi connectivity index (χ4v) is 4.34. The molecule has 0 aliphatic rings. The zero-order valence-electron chi connectivity index (χ0n) is 22.0. The number of carbonyl (C=O) groups is 1. The summed E-state index contributed by atoms with van der Waals surface area (Å²) in [6.07, 6.45) is 3.66. The van der Waals surface area contributed by atoms with Crippen LogP contribution in [0.5, 0.6) is 5.75 Å². The summed E-state index contributed by atoms with van der Waals surface area (Å²) in [4.78, 5) is 24.2. The maximum atomic E-state index is 12.2. The van der Waals surface area contributed by atoms with Gasteiger partial charge in [0.05, 0.1) is 17.2 Å². The van der Waals surface area contributed by atoms with E-state index in [-0.39, 0.29) is 5.78 Å². The Morgan fingerprint density at radius 3 is 2.79 bits per heavy atom. The number of rotatable bonds is 11. The van der Waals surface area contributed by atoms with E-state index in [2.05, 4.69) is 20.4 Å². The van der Waals surface area contributed by atoms with Crippen molar-refractivity contribution < 1.29 is 9.53 Å². The molecule has 5 rings (SSSR count). The summed E-state index contributed by atoms with van der Waals surface area (Å²) in [7, 11) is 4.04. The molecule has 2 aromatic heterocycles. The van der Waals surface area contributed by atoms with Crippen molar-refractivity contribution in [3.8, 4) is 17.1 Å². The molecule has 3 aromatic carbocycles. The largest absolute Gasteiger partial charge is 0.492 e. The van der Waals surface area contributed by atoms with Crippen molar-refractivity contribution in [2.45, 2.75) is 26.2 Å². The standard InChI is InChI=1S/C30H32N6O2/c1-4-6-24(37)16-20-7-5-8-21(15-20)29-33-28-12-10-25(38-14-13-36(2)3)18-26(28)30(34-29)32-23-9-11-27-22(17-23)19-31-35-27/h5,7-12,15,17-19H,4,6,13-14,16H2,1-3H3,(H,31,35)(H,32,33,34). The van der Waals surface area contributed by atoms with Gasteiger partial charge in [-0.25, -0.2) is 9.97 Å². The first-order chi connectivity index (χ1) is 18.5. The smallest absolute Gasteiger partial charge is 0.162 e. The number of ether oxygens (including phenoxy) is 1. The van der Waals surface area contributed by atoms with Crippen LogP contribution in [0.1, 0.15) is 25.3 Å². The third-order valence-corrected chi connectivity index (χ3v) is 6.29. The summed E-state index contributed by atoms with van der Waals surface area (Å²) in [5.74, 6) is 2.28. The average Bonchev–Trinajstić information content (AvgIpc) is 3.37. The number of nitrogens with zero attached hydrogens (tertiary/aromatic N) is 4. The molecular formula is C30H32N6O2. The monoisotopic (exact) mass is 508 g/mol. The Labute approximate surface area is 222 Å². The molecule has 0 aliphatic heterocycles. The van der Waals surface area contributed by atoms with E-state index in [4.69, 9.17) is 14.7 Å².